The van der Waals surface area contributed by atoms with Gasteiger partial charge < -0.3 is 25.8 Å². The van der Waals surface area contributed by atoms with Gasteiger partial charge in [-0.05, 0) is 31.5 Å². The van der Waals surface area contributed by atoms with E-state index in [1.54, 1.807) is 10.8 Å². The third kappa shape index (κ3) is 4.71. The molecule has 8 nitrogen and oxygen atoms in total. The fraction of sp³-hybridized carbons (Fsp3) is 0.167. The van der Waals surface area contributed by atoms with Gasteiger partial charge in [0.1, 0.15) is 0 Å². The molecule has 0 spiro atoms. The molecule has 0 amide bonds. The Kier molecular flexibility index (Phi) is 6.52. The van der Waals surface area contributed by atoms with E-state index in [-0.39, 0.29) is 5.69 Å². The van der Waals surface area contributed by atoms with Crippen LogP contribution in [0, 0.1) is 0 Å². The number of rotatable bonds is 5. The van der Waals surface area contributed by atoms with E-state index >= 15 is 0 Å². The molecule has 0 bridgehead atoms. The average Bonchev–Trinajstić information content (AvgIpc) is 3.51. The second-order valence-corrected chi connectivity index (χ2v) is 7.75. The van der Waals surface area contributed by atoms with Gasteiger partial charge in [0, 0.05) is 45.5 Å². The molecule has 0 unspecified atom stereocenters. The van der Waals surface area contributed by atoms with Crippen molar-refractivity contribution >= 4 is 27.8 Å². The third-order valence-corrected chi connectivity index (χ3v) is 5.50. The van der Waals surface area contributed by atoms with Gasteiger partial charge in [-0.1, -0.05) is 36.4 Å². The highest BCUT2D eigenvalue weighted by Crippen LogP contribution is 2.34. The van der Waals surface area contributed by atoms with Gasteiger partial charge in [-0.3, -0.25) is 4.57 Å². The Balaban J connectivity index is 0.000000364. The highest BCUT2D eigenvalue weighted by atomic mass is 19.4. The minimum Gasteiger partial charge on any atom is -0.475 e. The summed E-state index contributed by atoms with van der Waals surface area (Å²) >= 11 is 0. The first-order valence-electron chi connectivity index (χ1n) is 10.7. The number of para-hydroxylation sites is 2. The van der Waals surface area contributed by atoms with Crippen molar-refractivity contribution in [2.45, 2.75) is 19.0 Å². The summed E-state index contributed by atoms with van der Waals surface area (Å²) in [7, 11) is 0. The van der Waals surface area contributed by atoms with Crippen LogP contribution in [0.1, 0.15) is 12.1 Å². The van der Waals surface area contributed by atoms with Gasteiger partial charge in [0.05, 0.1) is 11.4 Å². The lowest BCUT2D eigenvalue weighted by Crippen LogP contribution is -2.21. The maximum absolute atomic E-state index is 12.8. The van der Waals surface area contributed by atoms with E-state index in [1.165, 1.54) is 0 Å². The molecule has 0 radical (unpaired) electrons. The lowest BCUT2D eigenvalue weighted by Gasteiger charge is -2.08. The molecule has 0 aliphatic heterocycles. The summed E-state index contributed by atoms with van der Waals surface area (Å²) in [4.78, 5) is 31.4. The molecular formula is C24H22F3N5O3. The van der Waals surface area contributed by atoms with Crippen LogP contribution in [0.3, 0.4) is 0 Å². The van der Waals surface area contributed by atoms with Crippen LogP contribution in [-0.4, -0.2) is 43.3 Å². The molecule has 3 heterocycles. The first-order valence-corrected chi connectivity index (χ1v) is 10.7. The van der Waals surface area contributed by atoms with Gasteiger partial charge in [-0.2, -0.15) is 13.2 Å². The number of fused-ring (bicyclic) bond motifs is 2. The minimum absolute atomic E-state index is 0.158. The van der Waals surface area contributed by atoms with E-state index in [1.807, 2.05) is 42.6 Å². The van der Waals surface area contributed by atoms with Gasteiger partial charge >= 0.3 is 17.8 Å². The molecule has 3 aromatic heterocycles. The fourth-order valence-electron chi connectivity index (χ4n) is 3.99. The van der Waals surface area contributed by atoms with Crippen LogP contribution < -0.4 is 11.4 Å². The van der Waals surface area contributed by atoms with E-state index in [9.17, 15) is 18.0 Å². The van der Waals surface area contributed by atoms with Crippen molar-refractivity contribution in [2.75, 3.05) is 6.54 Å². The van der Waals surface area contributed by atoms with Crippen LogP contribution in [0.15, 0.2) is 65.7 Å². The zero-order valence-electron chi connectivity index (χ0n) is 18.3. The third-order valence-electron chi connectivity index (χ3n) is 5.50. The summed E-state index contributed by atoms with van der Waals surface area (Å²) in [6.07, 6.45) is 0.304. The number of carboxylic acid groups (broad SMARTS) is 1. The largest absolute Gasteiger partial charge is 0.490 e. The number of aromatic amines is 3. The first-order chi connectivity index (χ1) is 16.7. The number of halogens is 3. The molecule has 0 saturated carbocycles. The summed E-state index contributed by atoms with van der Waals surface area (Å²) in [5.74, 6) is -2.76. The number of H-pyrrole nitrogens is 3. The Morgan fingerprint density at radius 3 is 2.26 bits per heavy atom. The predicted molar refractivity (Wildman–Crippen MR) is 127 cm³/mol. The standard InChI is InChI=1S/C22H21N5O.C2HF3O2/c23-11-5-10-18-21(15-7-2-4-9-17(15)26-18)20-13-25-22(28)27(20)19-12-24-16-8-3-1-6-14(16)19;3-2(4,5)1(6)7/h1-4,6-9,12-13,24,26H,5,10-11,23H2,(H,25,28);(H,6,7). The van der Waals surface area contributed by atoms with Gasteiger partial charge in [-0.25, -0.2) is 9.59 Å². The second kappa shape index (κ2) is 9.55. The Bertz CT molecular complexity index is 1540. The van der Waals surface area contributed by atoms with Crippen molar-refractivity contribution in [3.05, 3.63) is 77.1 Å². The maximum atomic E-state index is 12.8. The molecule has 0 fully saturated rings. The molecule has 5 rings (SSSR count). The monoisotopic (exact) mass is 485 g/mol. The number of imidazole rings is 1. The number of benzene rings is 2. The molecule has 0 aliphatic rings. The molecule has 2 aromatic carbocycles. The van der Waals surface area contributed by atoms with Gasteiger partial charge in [0.2, 0.25) is 0 Å². The average molecular weight is 485 g/mol. The van der Waals surface area contributed by atoms with Crippen LogP contribution in [0.25, 0.3) is 38.8 Å². The Morgan fingerprint density at radius 1 is 0.971 bits per heavy atom. The van der Waals surface area contributed by atoms with E-state index in [0.29, 0.717) is 6.54 Å². The second-order valence-electron chi connectivity index (χ2n) is 7.75. The van der Waals surface area contributed by atoms with Crippen molar-refractivity contribution in [1.29, 1.82) is 0 Å². The molecule has 0 aliphatic carbocycles. The molecule has 0 saturated heterocycles. The van der Waals surface area contributed by atoms with Crippen LogP contribution in [0.4, 0.5) is 13.2 Å². The topological polar surface area (TPSA) is 133 Å². The summed E-state index contributed by atoms with van der Waals surface area (Å²) in [6, 6.07) is 16.2. The van der Waals surface area contributed by atoms with Crippen molar-refractivity contribution < 1.29 is 23.1 Å². The molecule has 0 atom stereocenters. The smallest absolute Gasteiger partial charge is 0.475 e. The van der Waals surface area contributed by atoms with Crippen molar-refractivity contribution in [2.24, 2.45) is 5.73 Å². The molecule has 182 valence electrons. The van der Waals surface area contributed by atoms with Crippen molar-refractivity contribution in [3.63, 3.8) is 0 Å². The van der Waals surface area contributed by atoms with E-state index in [0.717, 1.165) is 57.3 Å². The number of aromatic nitrogens is 4. The molecule has 6 N–H and O–H groups in total. The number of carbonyl (C=O) groups is 1. The SMILES string of the molecule is NCCCc1[nH]c2ccccc2c1-c1c[nH]c(=O)n1-c1c[nH]c2ccccc12.O=C(O)C(F)(F)F. The maximum Gasteiger partial charge on any atom is 0.490 e. The van der Waals surface area contributed by atoms with E-state index in [2.05, 4.69) is 27.1 Å². The van der Waals surface area contributed by atoms with Crippen molar-refractivity contribution in [3.8, 4) is 16.9 Å². The summed E-state index contributed by atoms with van der Waals surface area (Å²) in [5, 5.41) is 9.23. The van der Waals surface area contributed by atoms with E-state index in [4.69, 9.17) is 15.6 Å². The van der Waals surface area contributed by atoms with Crippen LogP contribution in [0.2, 0.25) is 0 Å². The summed E-state index contributed by atoms with van der Waals surface area (Å²) in [5.41, 5.74) is 11.5. The van der Waals surface area contributed by atoms with Crippen molar-refractivity contribution in [1.82, 2.24) is 19.5 Å². The Morgan fingerprint density at radius 2 is 1.60 bits per heavy atom. The van der Waals surface area contributed by atoms with Gasteiger partial charge in [-0.15, -0.1) is 0 Å². The Labute approximate surface area is 196 Å². The number of carboxylic acids is 1. The van der Waals surface area contributed by atoms with E-state index < -0.39 is 12.1 Å². The summed E-state index contributed by atoms with van der Waals surface area (Å²) in [6.45, 7) is 0.622. The number of aliphatic carboxylic acids is 1. The first kappa shape index (κ1) is 23.9. The Hall–Kier alpha value is -4.25. The highest BCUT2D eigenvalue weighted by Gasteiger charge is 2.38. The number of nitrogens with one attached hydrogen (secondary N) is 3. The minimum atomic E-state index is -5.08. The predicted octanol–water partition coefficient (Wildman–Crippen LogP) is 4.32. The lowest BCUT2D eigenvalue weighted by atomic mass is 10.0. The fourth-order valence-corrected chi connectivity index (χ4v) is 3.99. The number of hydrogen-bond donors (Lipinski definition) is 5. The number of alkyl halides is 3. The molecule has 5 aromatic rings. The zero-order chi connectivity index (χ0) is 25.2. The molecule has 35 heavy (non-hydrogen) atoms. The van der Waals surface area contributed by atoms with Gasteiger partial charge in [0.15, 0.2) is 0 Å². The van der Waals surface area contributed by atoms with Crippen LogP contribution >= 0.6 is 0 Å². The number of nitrogens with two attached hydrogens (primary N) is 1. The molecule has 11 heteroatoms. The quantitative estimate of drug-likeness (QED) is 0.254. The van der Waals surface area contributed by atoms with Crippen LogP contribution in [0.5, 0.6) is 0 Å². The highest BCUT2D eigenvalue weighted by molar-refractivity contribution is 5.98. The number of hydrogen-bond acceptors (Lipinski definition) is 3. The van der Waals surface area contributed by atoms with Gasteiger partial charge in [0.25, 0.3) is 0 Å². The van der Waals surface area contributed by atoms with Crippen LogP contribution in [-0.2, 0) is 11.2 Å². The number of aryl methyl sites for hydroxylation is 1. The number of nitrogens with zero attached hydrogens (tertiary/aromatic N) is 1. The summed E-state index contributed by atoms with van der Waals surface area (Å²) < 4.78 is 33.5. The molecular weight excluding hydrogens is 463 g/mol. The lowest BCUT2D eigenvalue weighted by molar-refractivity contribution is -0.192. The normalized spacial score (nSPS) is 11.5. The zero-order valence-corrected chi connectivity index (χ0v) is 18.3.